The Hall–Kier alpha value is -0.820. The van der Waals surface area contributed by atoms with E-state index in [0.29, 0.717) is 6.61 Å². The zero-order valence-corrected chi connectivity index (χ0v) is 8.59. The molecule has 13 heavy (non-hydrogen) atoms. The van der Waals surface area contributed by atoms with Gasteiger partial charge in [-0.2, -0.15) is 0 Å². The standard InChI is InChI=1S/C12H20O/c1-4-6-8-10-13-11-12(3)9-7-5-2/h5,7,9H,2-4,6,8,10-11H2,1H3/b9-7-. The van der Waals surface area contributed by atoms with E-state index in [0.717, 1.165) is 18.6 Å². The van der Waals surface area contributed by atoms with Crippen molar-refractivity contribution in [3.63, 3.8) is 0 Å². The van der Waals surface area contributed by atoms with Gasteiger partial charge in [-0.3, -0.25) is 0 Å². The Bertz CT molecular complexity index is 168. The summed E-state index contributed by atoms with van der Waals surface area (Å²) in [5, 5.41) is 0. The monoisotopic (exact) mass is 180 g/mol. The molecule has 0 atom stereocenters. The van der Waals surface area contributed by atoms with E-state index >= 15 is 0 Å². The van der Waals surface area contributed by atoms with Crippen molar-refractivity contribution >= 4 is 0 Å². The Morgan fingerprint density at radius 2 is 2.15 bits per heavy atom. The molecule has 0 aliphatic rings. The predicted molar refractivity (Wildman–Crippen MR) is 58.8 cm³/mol. The van der Waals surface area contributed by atoms with Crippen molar-refractivity contribution in [3.05, 3.63) is 37.0 Å². The van der Waals surface area contributed by atoms with Crippen molar-refractivity contribution in [2.24, 2.45) is 0 Å². The molecule has 0 aliphatic heterocycles. The van der Waals surface area contributed by atoms with Crippen molar-refractivity contribution in [2.45, 2.75) is 26.2 Å². The number of hydrogen-bond acceptors (Lipinski definition) is 1. The van der Waals surface area contributed by atoms with Gasteiger partial charge in [0.1, 0.15) is 0 Å². The second-order valence-electron chi connectivity index (χ2n) is 3.01. The number of unbranched alkanes of at least 4 members (excludes halogenated alkanes) is 2. The van der Waals surface area contributed by atoms with E-state index in [2.05, 4.69) is 20.1 Å². The third-order valence-electron chi connectivity index (χ3n) is 1.65. The van der Waals surface area contributed by atoms with E-state index < -0.39 is 0 Å². The van der Waals surface area contributed by atoms with Gasteiger partial charge in [0.05, 0.1) is 6.61 Å². The van der Waals surface area contributed by atoms with Crippen molar-refractivity contribution in [1.82, 2.24) is 0 Å². The fraction of sp³-hybridized carbons (Fsp3) is 0.500. The predicted octanol–water partition coefficient (Wildman–Crippen LogP) is 3.49. The summed E-state index contributed by atoms with van der Waals surface area (Å²) in [7, 11) is 0. The first-order valence-electron chi connectivity index (χ1n) is 4.86. The SMILES string of the molecule is C=C/C=C\C(=C)COCCCCC. The summed E-state index contributed by atoms with van der Waals surface area (Å²) in [5.41, 5.74) is 0.997. The zero-order chi connectivity index (χ0) is 9.94. The third kappa shape index (κ3) is 9.09. The lowest BCUT2D eigenvalue weighted by Gasteiger charge is -2.02. The maximum atomic E-state index is 5.41. The summed E-state index contributed by atoms with van der Waals surface area (Å²) >= 11 is 0. The molecular formula is C12H20O. The highest BCUT2D eigenvalue weighted by Gasteiger charge is 1.89. The van der Waals surface area contributed by atoms with Crippen molar-refractivity contribution in [1.29, 1.82) is 0 Å². The van der Waals surface area contributed by atoms with Crippen LogP contribution in [-0.2, 0) is 4.74 Å². The molecule has 1 nitrogen and oxygen atoms in total. The first kappa shape index (κ1) is 12.2. The summed E-state index contributed by atoms with van der Waals surface area (Å²) in [4.78, 5) is 0. The Balaban J connectivity index is 3.26. The second kappa shape index (κ2) is 9.27. The van der Waals surface area contributed by atoms with Gasteiger partial charge in [0.15, 0.2) is 0 Å². The molecule has 0 rings (SSSR count). The Kier molecular flexibility index (Phi) is 8.68. The van der Waals surface area contributed by atoms with Gasteiger partial charge in [-0.1, -0.05) is 51.2 Å². The molecule has 0 bridgehead atoms. The van der Waals surface area contributed by atoms with Crippen LogP contribution in [0.4, 0.5) is 0 Å². The van der Waals surface area contributed by atoms with E-state index in [4.69, 9.17) is 4.74 Å². The van der Waals surface area contributed by atoms with Crippen LogP contribution < -0.4 is 0 Å². The smallest absolute Gasteiger partial charge is 0.0711 e. The maximum Gasteiger partial charge on any atom is 0.0711 e. The third-order valence-corrected chi connectivity index (χ3v) is 1.65. The van der Waals surface area contributed by atoms with E-state index in [1.54, 1.807) is 6.08 Å². The van der Waals surface area contributed by atoms with Gasteiger partial charge < -0.3 is 4.74 Å². The largest absolute Gasteiger partial charge is 0.377 e. The minimum atomic E-state index is 0.633. The first-order valence-corrected chi connectivity index (χ1v) is 4.86. The van der Waals surface area contributed by atoms with Gasteiger partial charge in [-0.05, 0) is 12.0 Å². The van der Waals surface area contributed by atoms with Crippen LogP contribution in [-0.4, -0.2) is 13.2 Å². The second-order valence-corrected chi connectivity index (χ2v) is 3.01. The quantitative estimate of drug-likeness (QED) is 0.410. The maximum absolute atomic E-state index is 5.41. The molecule has 0 amide bonds. The topological polar surface area (TPSA) is 9.23 Å². The first-order chi connectivity index (χ1) is 6.31. The highest BCUT2D eigenvalue weighted by molar-refractivity contribution is 5.18. The van der Waals surface area contributed by atoms with Crippen molar-refractivity contribution in [3.8, 4) is 0 Å². The number of allylic oxidation sites excluding steroid dienone is 2. The number of rotatable bonds is 8. The fourth-order valence-corrected chi connectivity index (χ4v) is 0.910. The van der Waals surface area contributed by atoms with Gasteiger partial charge in [-0.25, -0.2) is 0 Å². The van der Waals surface area contributed by atoms with Crippen molar-refractivity contribution in [2.75, 3.05) is 13.2 Å². The van der Waals surface area contributed by atoms with Crippen LogP contribution in [0.1, 0.15) is 26.2 Å². The minimum Gasteiger partial charge on any atom is -0.377 e. The van der Waals surface area contributed by atoms with Crippen LogP contribution in [0.25, 0.3) is 0 Å². The lowest BCUT2D eigenvalue weighted by atomic mass is 10.2. The average molecular weight is 180 g/mol. The molecule has 0 aromatic heterocycles. The van der Waals surface area contributed by atoms with Gasteiger partial charge in [-0.15, -0.1) is 0 Å². The van der Waals surface area contributed by atoms with E-state index in [-0.39, 0.29) is 0 Å². The molecule has 0 heterocycles. The molecule has 1 heteroatoms. The molecule has 0 radical (unpaired) electrons. The van der Waals surface area contributed by atoms with Gasteiger partial charge >= 0.3 is 0 Å². The van der Waals surface area contributed by atoms with Crippen molar-refractivity contribution < 1.29 is 4.74 Å². The molecular weight excluding hydrogens is 160 g/mol. The highest BCUT2D eigenvalue weighted by atomic mass is 16.5. The molecule has 0 spiro atoms. The summed E-state index contributed by atoms with van der Waals surface area (Å²) in [5.74, 6) is 0. The summed E-state index contributed by atoms with van der Waals surface area (Å²) in [6.07, 6.45) is 9.16. The Morgan fingerprint density at radius 3 is 2.77 bits per heavy atom. The van der Waals surface area contributed by atoms with E-state index in [9.17, 15) is 0 Å². The van der Waals surface area contributed by atoms with Gasteiger partial charge in [0.2, 0.25) is 0 Å². The van der Waals surface area contributed by atoms with Gasteiger partial charge in [0, 0.05) is 6.61 Å². The lowest BCUT2D eigenvalue weighted by Crippen LogP contribution is -1.97. The normalized spacial score (nSPS) is 10.5. The zero-order valence-electron chi connectivity index (χ0n) is 8.59. The molecule has 0 fully saturated rings. The van der Waals surface area contributed by atoms with Crippen LogP contribution in [0.5, 0.6) is 0 Å². The molecule has 0 aliphatic carbocycles. The molecule has 0 saturated heterocycles. The molecule has 0 unspecified atom stereocenters. The fourth-order valence-electron chi connectivity index (χ4n) is 0.910. The highest BCUT2D eigenvalue weighted by Crippen LogP contribution is 1.98. The minimum absolute atomic E-state index is 0.633. The van der Waals surface area contributed by atoms with E-state index in [1.807, 2.05) is 12.2 Å². The Morgan fingerprint density at radius 1 is 1.38 bits per heavy atom. The van der Waals surface area contributed by atoms with E-state index in [1.165, 1.54) is 12.8 Å². The number of ether oxygens (including phenoxy) is 1. The molecule has 0 aromatic carbocycles. The van der Waals surface area contributed by atoms with Gasteiger partial charge in [0.25, 0.3) is 0 Å². The molecule has 0 N–H and O–H groups in total. The van der Waals surface area contributed by atoms with Crippen LogP contribution in [0.3, 0.4) is 0 Å². The average Bonchev–Trinajstić information content (AvgIpc) is 2.14. The molecule has 0 aromatic rings. The van der Waals surface area contributed by atoms with Crippen LogP contribution in [0, 0.1) is 0 Å². The molecule has 74 valence electrons. The summed E-state index contributed by atoms with van der Waals surface area (Å²) < 4.78 is 5.41. The van der Waals surface area contributed by atoms with Crippen LogP contribution >= 0.6 is 0 Å². The summed E-state index contributed by atoms with van der Waals surface area (Å²) in [6.45, 7) is 11.1. The Labute approximate surface area is 81.8 Å². The lowest BCUT2D eigenvalue weighted by molar-refractivity contribution is 0.153. The van der Waals surface area contributed by atoms with Crippen LogP contribution in [0.15, 0.2) is 37.0 Å². The molecule has 0 saturated carbocycles. The summed E-state index contributed by atoms with van der Waals surface area (Å²) in [6, 6.07) is 0. The number of hydrogen-bond donors (Lipinski definition) is 0. The van der Waals surface area contributed by atoms with Crippen LogP contribution in [0.2, 0.25) is 0 Å².